The number of ketones is 1. The van der Waals surface area contributed by atoms with Crippen molar-refractivity contribution in [2.45, 2.75) is 13.1 Å². The minimum Gasteiger partial charge on any atom is -0.459 e. The molecule has 0 unspecified atom stereocenters. The molecule has 2 rings (SSSR count). The van der Waals surface area contributed by atoms with Crippen molar-refractivity contribution >= 4 is 11.7 Å². The molecule has 1 fully saturated rings. The lowest BCUT2D eigenvalue weighted by Crippen LogP contribution is -2.48. The van der Waals surface area contributed by atoms with E-state index in [1.54, 1.807) is 21.9 Å². The summed E-state index contributed by atoms with van der Waals surface area (Å²) in [6.45, 7) is 2.88. The van der Waals surface area contributed by atoms with Crippen molar-refractivity contribution in [1.29, 1.82) is 0 Å². The standard InChI is InChI=1S/C14H15F3N2O3/c1-10(9-12(20)14(15,16)17)18-4-6-19(7-5-18)13(21)11-3-2-8-22-11/h2-3,8-9H,4-7H2,1H3/b10-9-. The third kappa shape index (κ3) is 3.69. The summed E-state index contributed by atoms with van der Waals surface area (Å²) in [7, 11) is 0. The molecule has 22 heavy (non-hydrogen) atoms. The van der Waals surface area contributed by atoms with Gasteiger partial charge in [-0.05, 0) is 19.1 Å². The van der Waals surface area contributed by atoms with Crippen LogP contribution in [0.5, 0.6) is 0 Å². The van der Waals surface area contributed by atoms with E-state index in [2.05, 4.69) is 0 Å². The Morgan fingerprint density at radius 2 is 1.77 bits per heavy atom. The molecule has 1 amide bonds. The highest BCUT2D eigenvalue weighted by molar-refractivity contribution is 5.94. The fourth-order valence-corrected chi connectivity index (χ4v) is 2.18. The second kappa shape index (κ2) is 6.25. The maximum atomic E-state index is 12.2. The molecule has 0 N–H and O–H groups in total. The number of furan rings is 1. The lowest BCUT2D eigenvalue weighted by atomic mass is 10.2. The summed E-state index contributed by atoms with van der Waals surface area (Å²) in [6, 6.07) is 3.17. The molecular formula is C14H15F3N2O3. The van der Waals surface area contributed by atoms with Crippen LogP contribution in [0.4, 0.5) is 13.2 Å². The number of hydrogen-bond acceptors (Lipinski definition) is 4. The van der Waals surface area contributed by atoms with E-state index in [0.717, 1.165) is 0 Å². The molecule has 120 valence electrons. The number of amides is 1. The first-order valence-electron chi connectivity index (χ1n) is 6.66. The second-order valence-corrected chi connectivity index (χ2v) is 4.90. The highest BCUT2D eigenvalue weighted by Crippen LogP contribution is 2.19. The minimum atomic E-state index is -4.86. The molecule has 0 atom stereocenters. The van der Waals surface area contributed by atoms with E-state index in [-0.39, 0.29) is 17.4 Å². The van der Waals surface area contributed by atoms with E-state index in [0.29, 0.717) is 32.3 Å². The van der Waals surface area contributed by atoms with Crippen LogP contribution >= 0.6 is 0 Å². The lowest BCUT2D eigenvalue weighted by molar-refractivity contribution is -0.165. The van der Waals surface area contributed by atoms with Gasteiger partial charge in [0, 0.05) is 38.0 Å². The zero-order valence-electron chi connectivity index (χ0n) is 11.9. The van der Waals surface area contributed by atoms with Crippen molar-refractivity contribution in [3.63, 3.8) is 0 Å². The summed E-state index contributed by atoms with van der Waals surface area (Å²) >= 11 is 0. The van der Waals surface area contributed by atoms with Crippen molar-refractivity contribution < 1.29 is 27.2 Å². The summed E-state index contributed by atoms with van der Waals surface area (Å²) in [5.74, 6) is -1.90. The topological polar surface area (TPSA) is 53.8 Å². The van der Waals surface area contributed by atoms with Crippen LogP contribution < -0.4 is 0 Å². The number of rotatable bonds is 3. The smallest absolute Gasteiger partial charge is 0.454 e. The van der Waals surface area contributed by atoms with Gasteiger partial charge in [-0.1, -0.05) is 0 Å². The molecule has 1 aromatic rings. The minimum absolute atomic E-state index is 0.230. The van der Waals surface area contributed by atoms with Crippen molar-refractivity contribution in [1.82, 2.24) is 9.80 Å². The Morgan fingerprint density at radius 1 is 1.18 bits per heavy atom. The Bertz CT molecular complexity index is 571. The van der Waals surface area contributed by atoms with Crippen LogP contribution in [0.25, 0.3) is 0 Å². The number of hydrogen-bond donors (Lipinski definition) is 0. The Morgan fingerprint density at radius 3 is 2.27 bits per heavy atom. The van der Waals surface area contributed by atoms with Crippen molar-refractivity contribution in [3.05, 3.63) is 35.9 Å². The predicted molar refractivity (Wildman–Crippen MR) is 71.0 cm³/mol. The maximum absolute atomic E-state index is 12.2. The van der Waals surface area contributed by atoms with Crippen LogP contribution in [0.3, 0.4) is 0 Å². The normalized spacial score (nSPS) is 16.8. The molecule has 1 aliphatic rings. The van der Waals surface area contributed by atoms with Crippen LogP contribution in [0.2, 0.25) is 0 Å². The van der Waals surface area contributed by atoms with Crippen molar-refractivity contribution in [2.24, 2.45) is 0 Å². The third-order valence-electron chi connectivity index (χ3n) is 3.42. The van der Waals surface area contributed by atoms with Crippen LogP contribution in [-0.4, -0.2) is 53.8 Å². The van der Waals surface area contributed by atoms with E-state index in [1.807, 2.05) is 0 Å². The number of halogens is 3. The number of alkyl halides is 3. The summed E-state index contributed by atoms with van der Waals surface area (Å²) in [6.07, 6.45) is -2.87. The highest BCUT2D eigenvalue weighted by atomic mass is 19.4. The van der Waals surface area contributed by atoms with Gasteiger partial charge in [-0.25, -0.2) is 0 Å². The first kappa shape index (κ1) is 16.1. The number of piperazine rings is 1. The van der Waals surface area contributed by atoms with Crippen LogP contribution in [0.1, 0.15) is 17.5 Å². The molecule has 0 saturated carbocycles. The summed E-state index contributed by atoms with van der Waals surface area (Å²) in [5.41, 5.74) is 0.243. The molecule has 1 saturated heterocycles. The maximum Gasteiger partial charge on any atom is 0.454 e. The predicted octanol–water partition coefficient (Wildman–Crippen LogP) is 2.07. The van der Waals surface area contributed by atoms with Gasteiger partial charge in [-0.15, -0.1) is 0 Å². The van der Waals surface area contributed by atoms with Gasteiger partial charge in [-0.2, -0.15) is 13.2 Å². The molecule has 1 aromatic heterocycles. The quantitative estimate of drug-likeness (QED) is 0.801. The fraction of sp³-hybridized carbons (Fsp3) is 0.429. The molecule has 5 nitrogen and oxygen atoms in total. The number of allylic oxidation sites excluding steroid dienone is 2. The van der Waals surface area contributed by atoms with Crippen molar-refractivity contribution in [2.75, 3.05) is 26.2 Å². The SMILES string of the molecule is C/C(=C/C(=O)C(F)(F)F)N1CCN(C(=O)c2ccco2)CC1. The van der Waals surface area contributed by atoms with E-state index in [4.69, 9.17) is 4.42 Å². The zero-order chi connectivity index (χ0) is 16.3. The zero-order valence-corrected chi connectivity index (χ0v) is 11.9. The highest BCUT2D eigenvalue weighted by Gasteiger charge is 2.37. The monoisotopic (exact) mass is 316 g/mol. The van der Waals surface area contributed by atoms with Crippen LogP contribution in [-0.2, 0) is 4.79 Å². The Hall–Kier alpha value is -2.25. The summed E-state index contributed by atoms with van der Waals surface area (Å²) < 4.78 is 41.7. The second-order valence-electron chi connectivity index (χ2n) is 4.90. The third-order valence-corrected chi connectivity index (χ3v) is 3.42. The molecular weight excluding hydrogens is 301 g/mol. The first-order chi connectivity index (χ1) is 10.3. The molecule has 0 aromatic carbocycles. The van der Waals surface area contributed by atoms with E-state index >= 15 is 0 Å². The van der Waals surface area contributed by atoms with Crippen molar-refractivity contribution in [3.8, 4) is 0 Å². The number of carbonyl (C=O) groups excluding carboxylic acids is 2. The average molecular weight is 316 g/mol. The Labute approximate surface area is 125 Å². The molecule has 1 aliphatic heterocycles. The van der Waals surface area contributed by atoms with Gasteiger partial charge in [-0.3, -0.25) is 9.59 Å². The number of carbonyl (C=O) groups is 2. The number of nitrogens with zero attached hydrogens (tertiary/aromatic N) is 2. The molecule has 8 heteroatoms. The lowest BCUT2D eigenvalue weighted by Gasteiger charge is -2.36. The van der Waals surface area contributed by atoms with E-state index < -0.39 is 12.0 Å². The molecule has 0 aliphatic carbocycles. The van der Waals surface area contributed by atoms with Gasteiger partial charge >= 0.3 is 6.18 Å². The summed E-state index contributed by atoms with van der Waals surface area (Å²) in [4.78, 5) is 26.2. The van der Waals surface area contributed by atoms with Crippen LogP contribution in [0.15, 0.2) is 34.6 Å². The first-order valence-corrected chi connectivity index (χ1v) is 6.66. The molecule has 0 radical (unpaired) electrons. The Balaban J connectivity index is 1.93. The van der Waals surface area contributed by atoms with Gasteiger partial charge in [0.1, 0.15) is 0 Å². The fourth-order valence-electron chi connectivity index (χ4n) is 2.18. The van der Waals surface area contributed by atoms with Gasteiger partial charge in [0.2, 0.25) is 0 Å². The average Bonchev–Trinajstić information content (AvgIpc) is 2.99. The molecule has 2 heterocycles. The van der Waals surface area contributed by atoms with Gasteiger partial charge in [0.15, 0.2) is 5.76 Å². The largest absolute Gasteiger partial charge is 0.459 e. The molecule has 0 spiro atoms. The Kier molecular flexibility index (Phi) is 4.58. The summed E-state index contributed by atoms with van der Waals surface area (Å²) in [5, 5.41) is 0. The van der Waals surface area contributed by atoms with E-state index in [1.165, 1.54) is 13.2 Å². The van der Waals surface area contributed by atoms with Gasteiger partial charge in [0.05, 0.1) is 6.26 Å². The molecule has 0 bridgehead atoms. The van der Waals surface area contributed by atoms with Crippen LogP contribution in [0, 0.1) is 0 Å². The van der Waals surface area contributed by atoms with Gasteiger partial charge in [0.25, 0.3) is 11.7 Å². The van der Waals surface area contributed by atoms with Gasteiger partial charge < -0.3 is 14.2 Å². The van der Waals surface area contributed by atoms with E-state index in [9.17, 15) is 22.8 Å².